The highest BCUT2D eigenvalue weighted by Crippen LogP contribution is 2.05. The molecule has 0 unspecified atom stereocenters. The van der Waals surface area contributed by atoms with E-state index in [2.05, 4.69) is 5.32 Å². The van der Waals surface area contributed by atoms with Crippen LogP contribution in [0.15, 0.2) is 0 Å². The zero-order valence-corrected chi connectivity index (χ0v) is 10.6. The van der Waals surface area contributed by atoms with Gasteiger partial charge in [0.2, 0.25) is 5.91 Å². The van der Waals surface area contributed by atoms with Gasteiger partial charge in [-0.1, -0.05) is 13.8 Å². The number of carbonyl (C=O) groups excluding carboxylic acids is 2. The van der Waals surface area contributed by atoms with Crippen molar-refractivity contribution in [3.63, 3.8) is 0 Å². The van der Waals surface area contributed by atoms with Gasteiger partial charge in [0.05, 0.1) is 0 Å². The summed E-state index contributed by atoms with van der Waals surface area (Å²) in [5.41, 5.74) is 0. The van der Waals surface area contributed by atoms with Crippen molar-refractivity contribution >= 4 is 11.9 Å². The van der Waals surface area contributed by atoms with Gasteiger partial charge in [-0.3, -0.25) is 9.80 Å². The van der Waals surface area contributed by atoms with E-state index in [1.165, 1.54) is 4.90 Å². The van der Waals surface area contributed by atoms with Crippen LogP contribution in [0.1, 0.15) is 33.1 Å². The number of hydrogen-bond donors (Lipinski definition) is 2. The molecule has 98 valence electrons. The Morgan fingerprint density at radius 1 is 1.41 bits per heavy atom. The molecular formula is C11H22N4O2. The summed E-state index contributed by atoms with van der Waals surface area (Å²) in [4.78, 5) is 24.8. The summed E-state index contributed by atoms with van der Waals surface area (Å²) in [5, 5.41) is 4.07. The first-order chi connectivity index (χ1) is 8.08. The van der Waals surface area contributed by atoms with Crippen LogP contribution >= 0.6 is 0 Å². The Labute approximate surface area is 102 Å². The molecule has 0 bridgehead atoms. The lowest BCUT2D eigenvalue weighted by atomic mass is 10.2. The predicted molar refractivity (Wildman–Crippen MR) is 65.0 cm³/mol. The van der Waals surface area contributed by atoms with Crippen molar-refractivity contribution in [3.05, 3.63) is 0 Å². The first-order valence-electron chi connectivity index (χ1n) is 6.19. The Morgan fingerprint density at radius 3 is 2.65 bits per heavy atom. The van der Waals surface area contributed by atoms with E-state index in [0.29, 0.717) is 13.1 Å². The zero-order chi connectivity index (χ0) is 12.8. The molecule has 0 saturated carbocycles. The monoisotopic (exact) mass is 242 g/mol. The van der Waals surface area contributed by atoms with Crippen LogP contribution in [0.5, 0.6) is 0 Å². The average molecular weight is 242 g/mol. The molecule has 3 N–H and O–H groups in total. The fourth-order valence-electron chi connectivity index (χ4n) is 1.89. The lowest BCUT2D eigenvalue weighted by molar-refractivity contribution is -0.122. The third kappa shape index (κ3) is 3.89. The molecule has 1 aliphatic heterocycles. The van der Waals surface area contributed by atoms with E-state index in [-0.39, 0.29) is 24.5 Å². The number of urea groups is 1. The highest BCUT2D eigenvalue weighted by atomic mass is 16.2. The number of hydrogen-bond acceptors (Lipinski definition) is 3. The van der Waals surface area contributed by atoms with Crippen LogP contribution in [0.25, 0.3) is 0 Å². The van der Waals surface area contributed by atoms with E-state index in [0.717, 1.165) is 24.3 Å². The largest absolute Gasteiger partial charge is 0.352 e. The Bertz CT molecular complexity index is 279. The molecule has 0 aromatic heterocycles. The van der Waals surface area contributed by atoms with Crippen LogP contribution in [-0.4, -0.2) is 47.5 Å². The van der Waals surface area contributed by atoms with Crippen molar-refractivity contribution < 1.29 is 9.59 Å². The molecule has 1 saturated heterocycles. The Hall–Kier alpha value is -1.30. The van der Waals surface area contributed by atoms with Gasteiger partial charge in [-0.2, -0.15) is 0 Å². The maximum atomic E-state index is 11.7. The van der Waals surface area contributed by atoms with E-state index >= 15 is 0 Å². The zero-order valence-electron chi connectivity index (χ0n) is 10.6. The SMILES string of the molecule is CCC(CC)NC(=O)CN1CCCN(N)C1=O. The van der Waals surface area contributed by atoms with E-state index in [9.17, 15) is 9.59 Å². The molecule has 0 spiro atoms. The fraction of sp³-hybridized carbons (Fsp3) is 0.818. The molecule has 1 aliphatic rings. The Kier molecular flexibility index (Phi) is 5.21. The second kappa shape index (κ2) is 6.44. The molecule has 1 fully saturated rings. The minimum Gasteiger partial charge on any atom is -0.352 e. The minimum atomic E-state index is -0.268. The number of amides is 3. The smallest absolute Gasteiger partial charge is 0.334 e. The first-order valence-corrected chi connectivity index (χ1v) is 6.19. The summed E-state index contributed by atoms with van der Waals surface area (Å²) in [6, 6.07) is -0.0766. The summed E-state index contributed by atoms with van der Waals surface area (Å²) in [7, 11) is 0. The summed E-state index contributed by atoms with van der Waals surface area (Å²) < 4.78 is 0. The van der Waals surface area contributed by atoms with Gasteiger partial charge in [0, 0.05) is 19.1 Å². The van der Waals surface area contributed by atoms with Gasteiger partial charge in [0.15, 0.2) is 0 Å². The molecule has 0 aromatic carbocycles. The number of carbonyl (C=O) groups is 2. The normalized spacial score (nSPS) is 16.6. The van der Waals surface area contributed by atoms with E-state index in [1.807, 2.05) is 13.8 Å². The highest BCUT2D eigenvalue weighted by molar-refractivity contribution is 5.84. The number of hydrazine groups is 1. The van der Waals surface area contributed by atoms with Crippen molar-refractivity contribution in [2.45, 2.75) is 39.2 Å². The van der Waals surface area contributed by atoms with Crippen LogP contribution in [0.2, 0.25) is 0 Å². The van der Waals surface area contributed by atoms with Crippen molar-refractivity contribution in [2.75, 3.05) is 19.6 Å². The maximum Gasteiger partial charge on any atom is 0.334 e. The topological polar surface area (TPSA) is 78.7 Å². The summed E-state index contributed by atoms with van der Waals surface area (Å²) in [6.45, 7) is 5.32. The summed E-state index contributed by atoms with van der Waals surface area (Å²) >= 11 is 0. The molecule has 0 radical (unpaired) electrons. The van der Waals surface area contributed by atoms with E-state index in [4.69, 9.17) is 5.84 Å². The van der Waals surface area contributed by atoms with Gasteiger partial charge in [-0.25, -0.2) is 10.6 Å². The standard InChI is InChI=1S/C11H22N4O2/c1-3-9(4-2)13-10(16)8-14-6-5-7-15(12)11(14)17/h9H,3-8,12H2,1-2H3,(H,13,16). The summed E-state index contributed by atoms with van der Waals surface area (Å²) in [5.74, 6) is 5.40. The molecule has 1 rings (SSSR count). The van der Waals surface area contributed by atoms with E-state index < -0.39 is 0 Å². The van der Waals surface area contributed by atoms with Gasteiger partial charge in [-0.15, -0.1) is 0 Å². The Balaban J connectivity index is 2.42. The molecule has 0 atom stereocenters. The predicted octanol–water partition coefficient (Wildman–Crippen LogP) is 0.293. The van der Waals surface area contributed by atoms with Gasteiger partial charge in [0.25, 0.3) is 0 Å². The van der Waals surface area contributed by atoms with Crippen molar-refractivity contribution in [1.82, 2.24) is 15.2 Å². The van der Waals surface area contributed by atoms with Crippen molar-refractivity contribution in [3.8, 4) is 0 Å². The molecular weight excluding hydrogens is 220 g/mol. The molecule has 0 aromatic rings. The third-order valence-electron chi connectivity index (χ3n) is 3.03. The minimum absolute atomic E-state index is 0.100. The molecule has 1 heterocycles. The average Bonchev–Trinajstić information content (AvgIpc) is 2.32. The van der Waals surface area contributed by atoms with Crippen molar-refractivity contribution in [1.29, 1.82) is 0 Å². The number of nitrogens with two attached hydrogens (primary N) is 1. The maximum absolute atomic E-state index is 11.7. The van der Waals surface area contributed by atoms with Crippen molar-refractivity contribution in [2.24, 2.45) is 5.84 Å². The van der Waals surface area contributed by atoms with Crippen LogP contribution in [0, 0.1) is 0 Å². The number of nitrogens with zero attached hydrogens (tertiary/aromatic N) is 2. The number of nitrogens with one attached hydrogen (secondary N) is 1. The molecule has 3 amide bonds. The fourth-order valence-corrected chi connectivity index (χ4v) is 1.89. The highest BCUT2D eigenvalue weighted by Gasteiger charge is 2.25. The number of rotatable bonds is 5. The van der Waals surface area contributed by atoms with Crippen LogP contribution in [-0.2, 0) is 4.79 Å². The second-order valence-corrected chi connectivity index (χ2v) is 4.33. The molecule has 6 heteroatoms. The molecule has 0 aliphatic carbocycles. The first kappa shape index (κ1) is 13.8. The second-order valence-electron chi connectivity index (χ2n) is 4.33. The summed E-state index contributed by atoms with van der Waals surface area (Å²) in [6.07, 6.45) is 2.61. The quantitative estimate of drug-likeness (QED) is 0.537. The van der Waals surface area contributed by atoms with Gasteiger partial charge < -0.3 is 10.2 Å². The van der Waals surface area contributed by atoms with Crippen LogP contribution in [0.4, 0.5) is 4.79 Å². The Morgan fingerprint density at radius 2 is 2.06 bits per heavy atom. The van der Waals surface area contributed by atoms with E-state index in [1.54, 1.807) is 0 Å². The molecule has 17 heavy (non-hydrogen) atoms. The van der Waals surface area contributed by atoms with Gasteiger partial charge in [-0.05, 0) is 19.3 Å². The third-order valence-corrected chi connectivity index (χ3v) is 3.03. The lowest BCUT2D eigenvalue weighted by Gasteiger charge is -2.32. The van der Waals surface area contributed by atoms with Gasteiger partial charge >= 0.3 is 6.03 Å². The molecule has 6 nitrogen and oxygen atoms in total. The van der Waals surface area contributed by atoms with Crippen LogP contribution in [0.3, 0.4) is 0 Å². The van der Waals surface area contributed by atoms with Crippen LogP contribution < -0.4 is 11.2 Å². The lowest BCUT2D eigenvalue weighted by Crippen LogP contribution is -2.55. The van der Waals surface area contributed by atoms with Gasteiger partial charge in [0.1, 0.15) is 6.54 Å².